The van der Waals surface area contributed by atoms with Gasteiger partial charge in [-0.3, -0.25) is 0 Å². The SMILES string of the molecule is CCOc1c(N)cccc1-c1nnnn1CCCCOC. The third-order valence-corrected chi connectivity index (χ3v) is 3.08. The number of benzene rings is 1. The molecule has 2 rings (SSSR count). The van der Waals surface area contributed by atoms with Crippen LogP contribution in [0.5, 0.6) is 5.75 Å². The van der Waals surface area contributed by atoms with Crippen molar-refractivity contribution in [1.82, 2.24) is 20.2 Å². The second-order valence-electron chi connectivity index (χ2n) is 4.58. The molecule has 114 valence electrons. The highest BCUT2D eigenvalue weighted by molar-refractivity contribution is 5.73. The third-order valence-electron chi connectivity index (χ3n) is 3.08. The van der Waals surface area contributed by atoms with E-state index >= 15 is 0 Å². The third kappa shape index (κ3) is 3.69. The molecular weight excluding hydrogens is 270 g/mol. The Balaban J connectivity index is 2.22. The number of nitrogen functional groups attached to an aromatic ring is 1. The van der Waals surface area contributed by atoms with Gasteiger partial charge in [0.2, 0.25) is 0 Å². The molecule has 0 unspecified atom stereocenters. The van der Waals surface area contributed by atoms with Gasteiger partial charge in [-0.2, -0.15) is 0 Å². The van der Waals surface area contributed by atoms with Crippen molar-refractivity contribution in [3.8, 4) is 17.1 Å². The predicted molar refractivity (Wildman–Crippen MR) is 79.9 cm³/mol. The molecule has 0 atom stereocenters. The van der Waals surface area contributed by atoms with Gasteiger partial charge in [0.05, 0.1) is 17.9 Å². The predicted octanol–water partition coefficient (Wildman–Crippen LogP) is 1.75. The minimum Gasteiger partial charge on any atom is -0.491 e. The van der Waals surface area contributed by atoms with Crippen molar-refractivity contribution in [3.05, 3.63) is 18.2 Å². The van der Waals surface area contributed by atoms with Crippen molar-refractivity contribution >= 4 is 5.69 Å². The Labute approximate surface area is 124 Å². The van der Waals surface area contributed by atoms with E-state index in [1.807, 2.05) is 19.1 Å². The molecule has 0 aliphatic heterocycles. The van der Waals surface area contributed by atoms with E-state index in [0.29, 0.717) is 23.9 Å². The number of hydrogen-bond acceptors (Lipinski definition) is 6. The first-order valence-electron chi connectivity index (χ1n) is 7.04. The number of aromatic nitrogens is 4. The summed E-state index contributed by atoms with van der Waals surface area (Å²) in [5.74, 6) is 1.30. The van der Waals surface area contributed by atoms with E-state index in [4.69, 9.17) is 15.2 Å². The summed E-state index contributed by atoms with van der Waals surface area (Å²) in [4.78, 5) is 0. The molecule has 0 bridgehead atoms. The van der Waals surface area contributed by atoms with Crippen LogP contribution >= 0.6 is 0 Å². The lowest BCUT2D eigenvalue weighted by Gasteiger charge is -2.12. The topological polar surface area (TPSA) is 88.1 Å². The van der Waals surface area contributed by atoms with Crippen LogP contribution in [0.3, 0.4) is 0 Å². The summed E-state index contributed by atoms with van der Waals surface area (Å²) in [6.07, 6.45) is 1.91. The number of aryl methyl sites for hydroxylation is 1. The molecular formula is C14H21N5O2. The van der Waals surface area contributed by atoms with Crippen LogP contribution < -0.4 is 10.5 Å². The molecule has 1 aromatic heterocycles. The lowest BCUT2D eigenvalue weighted by atomic mass is 10.1. The molecule has 0 aliphatic carbocycles. The van der Waals surface area contributed by atoms with Crippen molar-refractivity contribution in [1.29, 1.82) is 0 Å². The molecule has 1 aromatic carbocycles. The van der Waals surface area contributed by atoms with Gasteiger partial charge in [-0.25, -0.2) is 4.68 Å². The first kappa shape index (κ1) is 15.2. The number of ether oxygens (including phenoxy) is 2. The number of nitrogens with two attached hydrogens (primary N) is 1. The summed E-state index contributed by atoms with van der Waals surface area (Å²) in [6.45, 7) is 3.92. The highest BCUT2D eigenvalue weighted by atomic mass is 16.5. The Morgan fingerprint density at radius 2 is 2.14 bits per heavy atom. The molecule has 0 aliphatic rings. The van der Waals surface area contributed by atoms with Gasteiger partial charge < -0.3 is 15.2 Å². The minimum absolute atomic E-state index is 0.538. The van der Waals surface area contributed by atoms with E-state index in [0.717, 1.165) is 31.6 Å². The van der Waals surface area contributed by atoms with Gasteiger partial charge >= 0.3 is 0 Å². The number of hydrogen-bond donors (Lipinski definition) is 1. The van der Waals surface area contributed by atoms with Crippen LogP contribution in [0.25, 0.3) is 11.4 Å². The zero-order chi connectivity index (χ0) is 15.1. The fourth-order valence-corrected chi connectivity index (χ4v) is 2.09. The average molecular weight is 291 g/mol. The van der Waals surface area contributed by atoms with E-state index in [2.05, 4.69) is 15.5 Å². The molecule has 7 nitrogen and oxygen atoms in total. The molecule has 21 heavy (non-hydrogen) atoms. The number of anilines is 1. The quantitative estimate of drug-likeness (QED) is 0.589. The first-order chi connectivity index (χ1) is 10.3. The van der Waals surface area contributed by atoms with Crippen LogP contribution in [0.15, 0.2) is 18.2 Å². The largest absolute Gasteiger partial charge is 0.491 e. The van der Waals surface area contributed by atoms with Crippen molar-refractivity contribution in [3.63, 3.8) is 0 Å². The van der Waals surface area contributed by atoms with Crippen LogP contribution in [0.1, 0.15) is 19.8 Å². The summed E-state index contributed by atoms with van der Waals surface area (Å²) >= 11 is 0. The van der Waals surface area contributed by atoms with E-state index in [1.54, 1.807) is 17.9 Å². The maximum absolute atomic E-state index is 5.98. The molecule has 0 saturated heterocycles. The van der Waals surface area contributed by atoms with Crippen LogP contribution in [0, 0.1) is 0 Å². The Bertz CT molecular complexity index is 570. The van der Waals surface area contributed by atoms with E-state index in [1.165, 1.54) is 0 Å². The summed E-state index contributed by atoms with van der Waals surface area (Å²) in [6, 6.07) is 5.59. The average Bonchev–Trinajstić information content (AvgIpc) is 2.94. The highest BCUT2D eigenvalue weighted by Crippen LogP contribution is 2.33. The van der Waals surface area contributed by atoms with Gasteiger partial charge in [-0.15, -0.1) is 5.10 Å². The molecule has 7 heteroatoms. The number of para-hydroxylation sites is 1. The van der Waals surface area contributed by atoms with Gasteiger partial charge in [-0.1, -0.05) is 6.07 Å². The van der Waals surface area contributed by atoms with Gasteiger partial charge in [0.25, 0.3) is 0 Å². The normalized spacial score (nSPS) is 10.8. The number of rotatable bonds is 8. The maximum atomic E-state index is 5.98. The van der Waals surface area contributed by atoms with Gasteiger partial charge in [0.15, 0.2) is 11.6 Å². The second-order valence-corrected chi connectivity index (χ2v) is 4.58. The lowest BCUT2D eigenvalue weighted by molar-refractivity contribution is 0.191. The number of tetrazole rings is 1. The fraction of sp³-hybridized carbons (Fsp3) is 0.500. The van der Waals surface area contributed by atoms with Crippen LogP contribution in [-0.2, 0) is 11.3 Å². The minimum atomic E-state index is 0.538. The molecule has 0 amide bonds. The number of unbranched alkanes of at least 4 members (excludes halogenated alkanes) is 1. The molecule has 2 aromatic rings. The summed E-state index contributed by atoms with van der Waals surface area (Å²) in [5, 5.41) is 11.9. The highest BCUT2D eigenvalue weighted by Gasteiger charge is 2.16. The molecule has 1 heterocycles. The fourth-order valence-electron chi connectivity index (χ4n) is 2.09. The maximum Gasteiger partial charge on any atom is 0.185 e. The summed E-state index contributed by atoms with van der Waals surface area (Å²) < 4.78 is 12.5. The van der Waals surface area contributed by atoms with Gasteiger partial charge in [0, 0.05) is 20.3 Å². The van der Waals surface area contributed by atoms with Crippen LogP contribution in [-0.4, -0.2) is 40.5 Å². The smallest absolute Gasteiger partial charge is 0.185 e. The van der Waals surface area contributed by atoms with E-state index in [9.17, 15) is 0 Å². The molecule has 0 spiro atoms. The van der Waals surface area contributed by atoms with E-state index in [-0.39, 0.29) is 0 Å². The summed E-state index contributed by atoms with van der Waals surface area (Å²) in [5.41, 5.74) is 7.38. The Morgan fingerprint density at radius 3 is 2.90 bits per heavy atom. The van der Waals surface area contributed by atoms with E-state index < -0.39 is 0 Å². The van der Waals surface area contributed by atoms with Gasteiger partial charge in [-0.05, 0) is 42.3 Å². The van der Waals surface area contributed by atoms with Crippen molar-refractivity contribution < 1.29 is 9.47 Å². The Kier molecular flexibility index (Phi) is 5.51. The zero-order valence-electron chi connectivity index (χ0n) is 12.5. The molecule has 0 radical (unpaired) electrons. The van der Waals surface area contributed by atoms with Gasteiger partial charge in [0.1, 0.15) is 0 Å². The molecule has 2 N–H and O–H groups in total. The Morgan fingerprint density at radius 1 is 1.29 bits per heavy atom. The Hall–Kier alpha value is -2.15. The molecule has 0 fully saturated rings. The number of nitrogens with zero attached hydrogens (tertiary/aromatic N) is 4. The summed E-state index contributed by atoms with van der Waals surface area (Å²) in [7, 11) is 1.70. The lowest BCUT2D eigenvalue weighted by Crippen LogP contribution is -2.06. The molecule has 0 saturated carbocycles. The van der Waals surface area contributed by atoms with Crippen LogP contribution in [0.4, 0.5) is 5.69 Å². The first-order valence-corrected chi connectivity index (χ1v) is 7.04. The van der Waals surface area contributed by atoms with Crippen molar-refractivity contribution in [2.24, 2.45) is 0 Å². The van der Waals surface area contributed by atoms with Crippen LogP contribution in [0.2, 0.25) is 0 Å². The number of methoxy groups -OCH3 is 1. The van der Waals surface area contributed by atoms with Crippen molar-refractivity contribution in [2.75, 3.05) is 26.1 Å². The van der Waals surface area contributed by atoms with Crippen molar-refractivity contribution in [2.45, 2.75) is 26.3 Å². The zero-order valence-corrected chi connectivity index (χ0v) is 12.5. The monoisotopic (exact) mass is 291 g/mol. The standard InChI is InChI=1S/C14H21N5O2/c1-3-21-13-11(7-6-8-12(13)15)14-16-17-18-19(14)9-4-5-10-20-2/h6-8H,3-5,9-10,15H2,1-2H3. The second kappa shape index (κ2) is 7.58.